The lowest BCUT2D eigenvalue weighted by Gasteiger charge is -2.39. The van der Waals surface area contributed by atoms with Gasteiger partial charge in [0.25, 0.3) is 0 Å². The number of methoxy groups -OCH3 is 3. The number of fused-ring (bicyclic) bond motifs is 1. The van der Waals surface area contributed by atoms with E-state index in [1.54, 1.807) is 88.7 Å². The molecule has 0 N–H and O–H groups in total. The summed E-state index contributed by atoms with van der Waals surface area (Å²) in [5.74, 6) is 3.40. The van der Waals surface area contributed by atoms with Gasteiger partial charge < -0.3 is 18.9 Å². The molecule has 8 nitrogen and oxygen atoms in total. The standard InChI is InChI=1S/C22H28O2.C16H14O3.C14H12O2.C3H7FO.CF4.4CH2F2/c1-16-14-18(8-10-20(16)23-3)22(12-6-5-7-13-22)19-9-11-21(24-4)17(2)15-19;1-11(17)13-3-7-15(8-4-13)19-16-9-5-14(6-10-16)12(2)18;1-9(15)11-3-5-14-8-12(10(2)16)4-6-13(14)7-11;1-5-3-2-4;2-1(3,4)5;4*2-1-3/h8-11,14-15H,5-7,12-13H2,1-4H3;3-10H,1-2H3;3-8H,1-2H3;2-3H2,1H3;;4*1H2. The lowest BCUT2D eigenvalue weighted by Crippen LogP contribution is -2.30. The quantitative estimate of drug-likeness (QED) is 0.0881. The molecule has 0 saturated heterocycles. The lowest BCUT2D eigenvalue weighted by molar-refractivity contribution is -0.237. The van der Waals surface area contributed by atoms with Gasteiger partial charge in [-0.25, -0.2) is 39.5 Å². The Morgan fingerprint density at radius 1 is 0.444 bits per heavy atom. The molecule has 7 rings (SSSR count). The zero-order valence-electron chi connectivity index (χ0n) is 46.5. The van der Waals surface area contributed by atoms with E-state index in [0.29, 0.717) is 33.8 Å². The van der Waals surface area contributed by atoms with E-state index in [0.717, 1.165) is 22.3 Å². The molecule has 0 bridgehead atoms. The summed E-state index contributed by atoms with van der Waals surface area (Å²) >= 11 is 0. The van der Waals surface area contributed by atoms with Crippen LogP contribution in [-0.2, 0) is 10.2 Å². The monoisotopic (exact) mass is 1160 g/mol. The Hall–Kier alpha value is -7.29. The van der Waals surface area contributed by atoms with Gasteiger partial charge in [0, 0.05) is 34.8 Å². The molecule has 1 aliphatic carbocycles. The summed E-state index contributed by atoms with van der Waals surface area (Å²) in [5, 5.41) is 1.97. The van der Waals surface area contributed by atoms with Crippen LogP contribution < -0.4 is 14.2 Å². The highest BCUT2D eigenvalue weighted by Gasteiger charge is 2.36. The van der Waals surface area contributed by atoms with E-state index in [9.17, 15) is 76.3 Å². The highest BCUT2D eigenvalue weighted by molar-refractivity contribution is 6.01. The Bertz CT molecular complexity index is 2530. The Balaban J connectivity index is 0. The number of carbonyl (C=O) groups is 4. The Morgan fingerprint density at radius 3 is 0.975 bits per heavy atom. The fourth-order valence-corrected chi connectivity index (χ4v) is 7.66. The summed E-state index contributed by atoms with van der Waals surface area (Å²) in [6, 6.07) is 38.3. The van der Waals surface area contributed by atoms with Crippen molar-refractivity contribution in [3.63, 3.8) is 0 Å². The molecule has 6 aromatic rings. The molecular weight excluding hydrogens is 1100 g/mol. The van der Waals surface area contributed by atoms with Gasteiger partial charge in [-0.05, 0) is 160 Å². The van der Waals surface area contributed by atoms with Crippen LogP contribution in [0.25, 0.3) is 10.8 Å². The van der Waals surface area contributed by atoms with Gasteiger partial charge in [0.1, 0.15) is 29.7 Å². The van der Waals surface area contributed by atoms with Crippen LogP contribution in [0.5, 0.6) is 23.0 Å². The largest absolute Gasteiger partial charge is 0.559 e. The van der Waals surface area contributed by atoms with Crippen LogP contribution in [-0.4, -0.2) is 91.9 Å². The van der Waals surface area contributed by atoms with Crippen molar-refractivity contribution < 1.29 is 95.2 Å². The van der Waals surface area contributed by atoms with Crippen molar-refractivity contribution in [2.75, 3.05) is 62.3 Å². The van der Waals surface area contributed by atoms with Gasteiger partial charge in [0.15, 0.2) is 23.1 Å². The molecule has 1 saturated carbocycles. The normalized spacial score (nSPS) is 11.5. The zero-order chi connectivity index (χ0) is 62.1. The minimum absolute atomic E-state index is 0.0253. The Morgan fingerprint density at radius 2 is 0.741 bits per heavy atom. The van der Waals surface area contributed by atoms with Gasteiger partial charge >= 0.3 is 6.43 Å². The molecule has 81 heavy (non-hydrogen) atoms. The fraction of sp³-hybridized carbons (Fsp3) is 0.367. The van der Waals surface area contributed by atoms with E-state index in [4.69, 9.17) is 14.2 Å². The maximum Gasteiger partial charge on any atom is 0.559 e. The number of carbonyl (C=O) groups excluding carboxylic acids is 4. The molecule has 0 heterocycles. The molecule has 0 atom stereocenters. The van der Waals surface area contributed by atoms with E-state index >= 15 is 0 Å². The van der Waals surface area contributed by atoms with Crippen molar-refractivity contribution in [3.8, 4) is 23.0 Å². The van der Waals surface area contributed by atoms with E-state index in [2.05, 4.69) is 55.0 Å². The molecular formula is C60H69F13O8. The van der Waals surface area contributed by atoms with Gasteiger partial charge in [-0.2, -0.15) is 0 Å². The van der Waals surface area contributed by atoms with Gasteiger partial charge in [0.2, 0.25) is 27.7 Å². The third kappa shape index (κ3) is 30.8. The zero-order valence-corrected chi connectivity index (χ0v) is 46.5. The van der Waals surface area contributed by atoms with Crippen LogP contribution in [0.4, 0.5) is 57.1 Å². The second kappa shape index (κ2) is 42.6. The van der Waals surface area contributed by atoms with Gasteiger partial charge in [-0.15, -0.1) is 17.6 Å². The highest BCUT2D eigenvalue weighted by Crippen LogP contribution is 2.46. The summed E-state index contributed by atoms with van der Waals surface area (Å²) in [7, 11) is 4.95. The molecule has 0 aliphatic heterocycles. The van der Waals surface area contributed by atoms with Crippen LogP contribution >= 0.6 is 0 Å². The van der Waals surface area contributed by atoms with Crippen molar-refractivity contribution in [1.29, 1.82) is 0 Å². The van der Waals surface area contributed by atoms with E-state index in [-0.39, 0.29) is 41.8 Å². The number of aryl methyl sites for hydroxylation is 2. The van der Waals surface area contributed by atoms with E-state index in [1.165, 1.54) is 75.3 Å². The summed E-state index contributed by atoms with van der Waals surface area (Å²) in [6.45, 7) is 3.26. The second-order valence-corrected chi connectivity index (χ2v) is 16.7. The SMILES string of the molecule is CC(=O)c1ccc(Oc2ccc(C(C)=O)cc2)cc1.CC(=O)c1ccc2cc(C(C)=O)ccc2c1.COCCF.COc1ccc(C2(c3ccc(OC)c(C)c3)CCCCC2)cc1C.FC(F)(F)F.FCF.FCF.FCF.FCF. The Kier molecular flexibility index (Phi) is 39.8. The lowest BCUT2D eigenvalue weighted by atomic mass is 9.65. The first-order valence-electron chi connectivity index (χ1n) is 24.4. The average Bonchev–Trinajstić information content (AvgIpc) is 3.42. The highest BCUT2D eigenvalue weighted by atomic mass is 19.5. The number of ketones is 4. The van der Waals surface area contributed by atoms with Crippen molar-refractivity contribution in [3.05, 3.63) is 166 Å². The molecule has 1 aliphatic rings. The van der Waals surface area contributed by atoms with Crippen molar-refractivity contribution in [2.45, 2.75) is 85.5 Å². The minimum atomic E-state index is -5.50. The summed E-state index contributed by atoms with van der Waals surface area (Å²) < 4.78 is 147. The number of Topliss-reactive ketones (excluding diaryl/α,β-unsaturated/α-hetero) is 4. The molecule has 0 radical (unpaired) electrons. The summed E-state index contributed by atoms with van der Waals surface area (Å²) in [5.41, 5.74) is 8.09. The smallest absolute Gasteiger partial charge is 0.496 e. The first-order chi connectivity index (χ1) is 38.3. The molecule has 0 amide bonds. The maximum absolute atomic E-state index is 11.2. The first kappa shape index (κ1) is 75.8. The number of ether oxygens (including phenoxy) is 4. The Labute approximate surface area is 464 Å². The van der Waals surface area contributed by atoms with Crippen molar-refractivity contribution in [2.24, 2.45) is 0 Å². The fourth-order valence-electron chi connectivity index (χ4n) is 7.66. The maximum atomic E-state index is 11.2. The summed E-state index contributed by atoms with van der Waals surface area (Å²) in [4.78, 5) is 44.7. The molecule has 6 aromatic carbocycles. The number of hydrogen-bond donors (Lipinski definition) is 0. The van der Waals surface area contributed by atoms with Gasteiger partial charge in [-0.1, -0.05) is 67.8 Å². The van der Waals surface area contributed by atoms with Crippen LogP contribution in [0, 0.1) is 13.8 Å². The third-order valence-electron chi connectivity index (χ3n) is 11.3. The number of rotatable bonds is 12. The number of halogens is 13. The van der Waals surface area contributed by atoms with Crippen LogP contribution in [0.1, 0.15) is 123 Å². The first-order valence-corrected chi connectivity index (χ1v) is 24.4. The number of alkyl halides is 13. The van der Waals surface area contributed by atoms with Crippen LogP contribution in [0.3, 0.4) is 0 Å². The van der Waals surface area contributed by atoms with Gasteiger partial charge in [0.05, 0.1) is 20.8 Å². The number of benzene rings is 6. The van der Waals surface area contributed by atoms with Crippen molar-refractivity contribution >= 4 is 33.9 Å². The van der Waals surface area contributed by atoms with E-state index in [1.807, 2.05) is 24.3 Å². The molecule has 1 fully saturated rings. The van der Waals surface area contributed by atoms with Crippen molar-refractivity contribution in [1.82, 2.24) is 0 Å². The predicted octanol–water partition coefficient (Wildman–Crippen LogP) is 18.3. The molecule has 0 unspecified atom stereocenters. The second-order valence-electron chi connectivity index (χ2n) is 16.7. The van der Waals surface area contributed by atoms with E-state index < -0.39 is 34.1 Å². The third-order valence-corrected chi connectivity index (χ3v) is 11.3. The predicted molar refractivity (Wildman–Crippen MR) is 290 cm³/mol. The molecule has 448 valence electrons. The van der Waals surface area contributed by atoms with Crippen LogP contribution in [0.15, 0.2) is 121 Å². The summed E-state index contributed by atoms with van der Waals surface area (Å²) in [6.07, 6.45) is 0.841. The van der Waals surface area contributed by atoms with Crippen LogP contribution in [0.2, 0.25) is 0 Å². The number of hydrogen-bond acceptors (Lipinski definition) is 8. The molecule has 0 aromatic heterocycles. The average molecular weight is 1170 g/mol. The topological polar surface area (TPSA) is 105 Å². The molecule has 0 spiro atoms. The molecule has 21 heteroatoms. The minimum Gasteiger partial charge on any atom is -0.496 e. The van der Waals surface area contributed by atoms with Gasteiger partial charge in [-0.3, -0.25) is 19.2 Å².